The van der Waals surface area contributed by atoms with Crippen LogP contribution in [0.4, 0.5) is 0 Å². The maximum Gasteiger partial charge on any atom is 0.0548 e. The third kappa shape index (κ3) is 13.2. The molecule has 2 nitrogen and oxygen atoms in total. The van der Waals surface area contributed by atoms with Crippen molar-refractivity contribution >= 4 is 0 Å². The fourth-order valence-corrected chi connectivity index (χ4v) is 9.01. The van der Waals surface area contributed by atoms with Gasteiger partial charge in [0.05, 0.1) is 12.2 Å². The van der Waals surface area contributed by atoms with Crippen LogP contribution >= 0.6 is 0 Å². The lowest BCUT2D eigenvalue weighted by Crippen LogP contribution is -2.40. The molecule has 0 saturated heterocycles. The summed E-state index contributed by atoms with van der Waals surface area (Å²) in [5, 5.41) is 20.4. The maximum atomic E-state index is 10.2. The highest BCUT2D eigenvalue weighted by Crippen LogP contribution is 2.47. The molecule has 0 aromatic rings. The van der Waals surface area contributed by atoms with Crippen LogP contribution in [0.1, 0.15) is 159 Å². The van der Waals surface area contributed by atoms with E-state index in [0.29, 0.717) is 23.7 Å². The molecule has 0 aromatic carbocycles. The van der Waals surface area contributed by atoms with E-state index in [1.165, 1.54) is 64.2 Å². The minimum Gasteiger partial charge on any atom is -0.393 e. The van der Waals surface area contributed by atoms with Crippen molar-refractivity contribution in [1.82, 2.24) is 0 Å². The molecular formula is C40H74O2. The lowest BCUT2D eigenvalue weighted by molar-refractivity contribution is -0.0174. The second kappa shape index (κ2) is 17.8. The molecule has 0 spiro atoms. The monoisotopic (exact) mass is 587 g/mol. The molecule has 2 saturated carbocycles. The van der Waals surface area contributed by atoms with E-state index < -0.39 is 0 Å². The molecule has 2 fully saturated rings. The SMILES string of the molecule is C[C@H](CCC[C@H](C)C/C=C/C[C@@H](C)CCC[C@@H](C)/C=C/[C@H]1[C@H](C)C[C@@H](O)CC1(C)C)CC[C@H]1[C@H](C)C[C@@H](O)CC1(C)C. The van der Waals surface area contributed by atoms with Gasteiger partial charge in [-0.15, -0.1) is 0 Å². The molecule has 0 radical (unpaired) electrons. The summed E-state index contributed by atoms with van der Waals surface area (Å²) in [5.41, 5.74) is 0.476. The second-order valence-electron chi connectivity index (χ2n) is 17.3. The zero-order valence-electron chi connectivity index (χ0n) is 29.9. The molecule has 246 valence electrons. The molecule has 2 aliphatic rings. The summed E-state index contributed by atoms with van der Waals surface area (Å²) in [6.07, 6.45) is 26.6. The third-order valence-electron chi connectivity index (χ3n) is 11.6. The first-order valence-electron chi connectivity index (χ1n) is 18.3. The van der Waals surface area contributed by atoms with E-state index in [-0.39, 0.29) is 23.0 Å². The zero-order valence-corrected chi connectivity index (χ0v) is 29.9. The van der Waals surface area contributed by atoms with Crippen LogP contribution in [-0.4, -0.2) is 22.4 Å². The maximum absolute atomic E-state index is 10.2. The van der Waals surface area contributed by atoms with Crippen LogP contribution < -0.4 is 0 Å². The van der Waals surface area contributed by atoms with Crippen molar-refractivity contribution in [2.24, 2.45) is 58.2 Å². The molecule has 10 atom stereocenters. The fourth-order valence-electron chi connectivity index (χ4n) is 9.01. The smallest absolute Gasteiger partial charge is 0.0548 e. The van der Waals surface area contributed by atoms with E-state index >= 15 is 0 Å². The standard InChI is InChI=1S/C40H74O2/c1-29(17-13-19-31(3)21-23-37-33(5)25-35(41)27-39(37,7)8)15-11-12-16-30(2)18-14-20-32(4)22-24-38-34(6)26-36(42)28-40(38,9)10/h11-12,21,23,29-38,41-42H,13-20,22,24-28H2,1-10H3/b12-11+,23-21+/t29-,30-,31-,32-,33-,34-,35-,36-,37+,38+/m1/s1. The summed E-state index contributed by atoms with van der Waals surface area (Å²) in [7, 11) is 0. The van der Waals surface area contributed by atoms with Crippen LogP contribution in [0.25, 0.3) is 0 Å². The van der Waals surface area contributed by atoms with E-state index in [4.69, 9.17) is 0 Å². The summed E-state index contributed by atoms with van der Waals surface area (Å²) in [6.45, 7) is 23.8. The van der Waals surface area contributed by atoms with E-state index in [2.05, 4.69) is 93.5 Å². The molecular weight excluding hydrogens is 512 g/mol. The van der Waals surface area contributed by atoms with Crippen LogP contribution in [0.5, 0.6) is 0 Å². The predicted octanol–water partition coefficient (Wildman–Crippen LogP) is 11.4. The summed E-state index contributed by atoms with van der Waals surface area (Å²) < 4.78 is 0. The lowest BCUT2D eigenvalue weighted by atomic mass is 9.61. The number of rotatable bonds is 17. The molecule has 0 amide bonds. The average molecular weight is 587 g/mol. The van der Waals surface area contributed by atoms with Crippen LogP contribution in [0.3, 0.4) is 0 Å². The van der Waals surface area contributed by atoms with Gasteiger partial charge >= 0.3 is 0 Å². The Kier molecular flexibility index (Phi) is 15.9. The normalized spacial score (nSPS) is 32.7. The van der Waals surface area contributed by atoms with Crippen molar-refractivity contribution in [3.63, 3.8) is 0 Å². The predicted molar refractivity (Wildman–Crippen MR) is 184 cm³/mol. The Balaban J connectivity index is 1.55. The average Bonchev–Trinajstić information content (AvgIpc) is 2.84. The molecule has 0 heterocycles. The Morgan fingerprint density at radius 2 is 1.17 bits per heavy atom. The van der Waals surface area contributed by atoms with E-state index in [0.717, 1.165) is 49.4 Å². The molecule has 2 heteroatoms. The Hall–Kier alpha value is -0.600. The van der Waals surface area contributed by atoms with Gasteiger partial charge < -0.3 is 10.2 Å². The minimum absolute atomic E-state index is 0.0926. The van der Waals surface area contributed by atoms with Crippen molar-refractivity contribution in [2.75, 3.05) is 0 Å². The third-order valence-corrected chi connectivity index (χ3v) is 11.6. The molecule has 2 aliphatic carbocycles. The van der Waals surface area contributed by atoms with Gasteiger partial charge in [-0.25, -0.2) is 0 Å². The van der Waals surface area contributed by atoms with E-state index in [9.17, 15) is 10.2 Å². The number of aliphatic hydroxyl groups excluding tert-OH is 2. The topological polar surface area (TPSA) is 40.5 Å². The Bertz CT molecular complexity index is 793. The van der Waals surface area contributed by atoms with Crippen LogP contribution in [0.2, 0.25) is 0 Å². The summed E-state index contributed by atoms with van der Waals surface area (Å²) in [6, 6.07) is 0. The second-order valence-corrected chi connectivity index (χ2v) is 17.3. The van der Waals surface area contributed by atoms with Crippen molar-refractivity contribution in [1.29, 1.82) is 0 Å². The van der Waals surface area contributed by atoms with Crippen molar-refractivity contribution in [3.8, 4) is 0 Å². The van der Waals surface area contributed by atoms with Gasteiger partial charge in [0.15, 0.2) is 0 Å². The molecule has 0 unspecified atom stereocenters. The molecule has 0 aliphatic heterocycles. The molecule has 42 heavy (non-hydrogen) atoms. The van der Waals surface area contributed by atoms with Gasteiger partial charge in [0.1, 0.15) is 0 Å². The minimum atomic E-state index is -0.124. The summed E-state index contributed by atoms with van der Waals surface area (Å²) in [4.78, 5) is 0. The van der Waals surface area contributed by atoms with Crippen molar-refractivity contribution in [2.45, 2.75) is 171 Å². The Morgan fingerprint density at radius 3 is 1.71 bits per heavy atom. The molecule has 0 aromatic heterocycles. The number of aliphatic hydroxyl groups is 2. The number of allylic oxidation sites excluding steroid dienone is 4. The van der Waals surface area contributed by atoms with Gasteiger partial charge in [-0.3, -0.25) is 0 Å². The first-order valence-corrected chi connectivity index (χ1v) is 18.3. The summed E-state index contributed by atoms with van der Waals surface area (Å²) in [5.74, 6) is 5.57. The van der Waals surface area contributed by atoms with Gasteiger partial charge in [-0.1, -0.05) is 132 Å². The molecule has 2 rings (SSSR count). The highest BCUT2D eigenvalue weighted by molar-refractivity contribution is 5.03. The first kappa shape index (κ1) is 37.6. The van der Waals surface area contributed by atoms with Gasteiger partial charge in [-0.05, 0) is 110 Å². The number of hydrogen-bond donors (Lipinski definition) is 2. The lowest BCUT2D eigenvalue weighted by Gasteiger charge is -2.45. The summed E-state index contributed by atoms with van der Waals surface area (Å²) >= 11 is 0. The highest BCUT2D eigenvalue weighted by atomic mass is 16.3. The Labute approximate surface area is 263 Å². The van der Waals surface area contributed by atoms with Crippen LogP contribution in [0.15, 0.2) is 24.3 Å². The van der Waals surface area contributed by atoms with Gasteiger partial charge in [0.2, 0.25) is 0 Å². The first-order chi connectivity index (χ1) is 19.6. The highest BCUT2D eigenvalue weighted by Gasteiger charge is 2.40. The number of hydrogen-bond acceptors (Lipinski definition) is 2. The van der Waals surface area contributed by atoms with Crippen molar-refractivity contribution < 1.29 is 10.2 Å². The van der Waals surface area contributed by atoms with Crippen LogP contribution in [-0.2, 0) is 0 Å². The van der Waals surface area contributed by atoms with Crippen LogP contribution in [0, 0.1) is 58.2 Å². The molecule has 0 bridgehead atoms. The van der Waals surface area contributed by atoms with Gasteiger partial charge in [0.25, 0.3) is 0 Å². The quantitative estimate of drug-likeness (QED) is 0.166. The molecule has 2 N–H and O–H groups in total. The van der Waals surface area contributed by atoms with Gasteiger partial charge in [0, 0.05) is 0 Å². The van der Waals surface area contributed by atoms with Crippen molar-refractivity contribution in [3.05, 3.63) is 24.3 Å². The van der Waals surface area contributed by atoms with Gasteiger partial charge in [-0.2, -0.15) is 0 Å². The van der Waals surface area contributed by atoms with E-state index in [1.807, 2.05) is 0 Å². The Morgan fingerprint density at radius 1 is 0.667 bits per heavy atom. The largest absolute Gasteiger partial charge is 0.393 e. The van der Waals surface area contributed by atoms with E-state index in [1.54, 1.807) is 0 Å². The fraction of sp³-hybridized carbons (Fsp3) is 0.900. The zero-order chi connectivity index (χ0) is 31.5.